The molecule has 162 valence electrons. The van der Waals surface area contributed by atoms with Crippen LogP contribution in [0.4, 0.5) is 27.6 Å². The molecule has 0 saturated carbocycles. The molecule has 0 aliphatic heterocycles. The summed E-state index contributed by atoms with van der Waals surface area (Å²) < 4.78 is 69.6. The molecule has 2 aromatic rings. The second-order valence-electron chi connectivity index (χ2n) is 6.09. The van der Waals surface area contributed by atoms with Crippen LogP contribution in [0.5, 0.6) is 0 Å². The standard InChI is InChI=1S/C19H17F5N2O4/c20-14-3-1-11(17(29)25-12-2-4-15(21)16(22)10-12)9-13(14)19(23,24)18(30)26(5-7-27)6-8-28/h1-4,9-10,27-28H,5-8H2,(H,25,29). The fourth-order valence-electron chi connectivity index (χ4n) is 2.55. The van der Waals surface area contributed by atoms with Crippen LogP contribution in [-0.4, -0.2) is 53.2 Å². The molecule has 0 unspecified atom stereocenters. The second-order valence-corrected chi connectivity index (χ2v) is 6.09. The van der Waals surface area contributed by atoms with E-state index in [-0.39, 0.29) is 5.69 Å². The van der Waals surface area contributed by atoms with Gasteiger partial charge in [0.2, 0.25) is 0 Å². The molecule has 0 atom stereocenters. The molecule has 30 heavy (non-hydrogen) atoms. The van der Waals surface area contributed by atoms with E-state index in [0.717, 1.165) is 18.2 Å². The highest BCUT2D eigenvalue weighted by Crippen LogP contribution is 2.33. The third-order valence-electron chi connectivity index (χ3n) is 4.04. The Morgan fingerprint density at radius 3 is 2.07 bits per heavy atom. The van der Waals surface area contributed by atoms with Crippen LogP contribution >= 0.6 is 0 Å². The monoisotopic (exact) mass is 432 g/mol. The van der Waals surface area contributed by atoms with Crippen molar-refractivity contribution in [2.45, 2.75) is 5.92 Å². The zero-order chi connectivity index (χ0) is 22.5. The molecule has 0 heterocycles. The summed E-state index contributed by atoms with van der Waals surface area (Å²) in [6.45, 7) is -2.37. The largest absolute Gasteiger partial charge is 0.395 e. The quantitative estimate of drug-likeness (QED) is 0.559. The molecular formula is C19H17F5N2O4. The maximum Gasteiger partial charge on any atom is 0.352 e. The van der Waals surface area contributed by atoms with Gasteiger partial charge in [0.05, 0.1) is 18.8 Å². The number of alkyl halides is 2. The van der Waals surface area contributed by atoms with Gasteiger partial charge in [0, 0.05) is 30.4 Å². The minimum atomic E-state index is -4.41. The average molecular weight is 432 g/mol. The Bertz CT molecular complexity index is 933. The number of halogens is 5. The van der Waals surface area contributed by atoms with E-state index in [1.54, 1.807) is 0 Å². The number of carbonyl (C=O) groups excluding carboxylic acids is 2. The maximum absolute atomic E-state index is 14.7. The predicted molar refractivity (Wildman–Crippen MR) is 95.4 cm³/mol. The van der Waals surface area contributed by atoms with Gasteiger partial charge in [-0.25, -0.2) is 13.2 Å². The van der Waals surface area contributed by atoms with Crippen LogP contribution < -0.4 is 5.32 Å². The summed E-state index contributed by atoms with van der Waals surface area (Å²) in [6, 6.07) is 4.31. The van der Waals surface area contributed by atoms with E-state index in [0.29, 0.717) is 23.1 Å². The average Bonchev–Trinajstić information content (AvgIpc) is 2.70. The summed E-state index contributed by atoms with van der Waals surface area (Å²) in [5, 5.41) is 19.9. The van der Waals surface area contributed by atoms with E-state index in [9.17, 15) is 31.5 Å². The van der Waals surface area contributed by atoms with Crippen molar-refractivity contribution in [1.29, 1.82) is 0 Å². The Kier molecular flexibility index (Phi) is 7.46. The van der Waals surface area contributed by atoms with Crippen LogP contribution in [0.15, 0.2) is 36.4 Å². The van der Waals surface area contributed by atoms with E-state index in [2.05, 4.69) is 5.32 Å². The normalized spacial score (nSPS) is 11.3. The SMILES string of the molecule is O=C(Nc1ccc(F)c(F)c1)c1ccc(F)c(C(F)(F)C(=O)N(CCO)CCO)c1. The van der Waals surface area contributed by atoms with E-state index in [4.69, 9.17) is 10.2 Å². The molecular weight excluding hydrogens is 415 g/mol. The molecule has 0 radical (unpaired) electrons. The van der Waals surface area contributed by atoms with Crippen molar-refractivity contribution in [2.75, 3.05) is 31.6 Å². The number of aliphatic hydroxyl groups is 2. The first-order valence-electron chi connectivity index (χ1n) is 8.57. The van der Waals surface area contributed by atoms with Gasteiger partial charge in [0.25, 0.3) is 11.8 Å². The number of amides is 2. The number of aliphatic hydroxyl groups excluding tert-OH is 2. The molecule has 6 nitrogen and oxygen atoms in total. The first kappa shape index (κ1) is 23.2. The van der Waals surface area contributed by atoms with Crippen LogP contribution in [-0.2, 0) is 10.7 Å². The topological polar surface area (TPSA) is 89.9 Å². The van der Waals surface area contributed by atoms with Crippen molar-refractivity contribution in [1.82, 2.24) is 4.90 Å². The van der Waals surface area contributed by atoms with Gasteiger partial charge in [0.15, 0.2) is 11.6 Å². The van der Waals surface area contributed by atoms with Gasteiger partial charge < -0.3 is 20.4 Å². The summed E-state index contributed by atoms with van der Waals surface area (Å²) in [7, 11) is 0. The highest BCUT2D eigenvalue weighted by atomic mass is 19.3. The number of hydrogen-bond donors (Lipinski definition) is 3. The number of nitrogens with one attached hydrogen (secondary N) is 1. The van der Waals surface area contributed by atoms with Crippen LogP contribution in [0.25, 0.3) is 0 Å². The lowest BCUT2D eigenvalue weighted by Crippen LogP contribution is -2.45. The highest BCUT2D eigenvalue weighted by Gasteiger charge is 2.46. The van der Waals surface area contributed by atoms with Crippen molar-refractivity contribution in [2.24, 2.45) is 0 Å². The molecule has 0 fully saturated rings. The Hall–Kier alpha value is -3.05. The Labute approximate surface area is 167 Å². The van der Waals surface area contributed by atoms with Crippen LogP contribution in [0.3, 0.4) is 0 Å². The smallest absolute Gasteiger partial charge is 0.352 e. The van der Waals surface area contributed by atoms with Crippen molar-refractivity contribution in [3.05, 3.63) is 65.0 Å². The Morgan fingerprint density at radius 2 is 1.50 bits per heavy atom. The second kappa shape index (κ2) is 9.63. The number of anilines is 1. The number of carbonyl (C=O) groups is 2. The molecule has 0 spiro atoms. The maximum atomic E-state index is 14.7. The first-order chi connectivity index (χ1) is 14.1. The molecule has 2 amide bonds. The number of hydrogen-bond acceptors (Lipinski definition) is 4. The lowest BCUT2D eigenvalue weighted by atomic mass is 10.0. The highest BCUT2D eigenvalue weighted by molar-refractivity contribution is 6.04. The van der Waals surface area contributed by atoms with Gasteiger partial charge in [0.1, 0.15) is 5.82 Å². The van der Waals surface area contributed by atoms with Gasteiger partial charge in [-0.15, -0.1) is 0 Å². The third-order valence-corrected chi connectivity index (χ3v) is 4.04. The molecule has 0 aliphatic rings. The van der Waals surface area contributed by atoms with Crippen molar-refractivity contribution in [3.8, 4) is 0 Å². The van der Waals surface area contributed by atoms with Crippen LogP contribution in [0.1, 0.15) is 15.9 Å². The Balaban J connectivity index is 2.33. The zero-order valence-corrected chi connectivity index (χ0v) is 15.3. The van der Waals surface area contributed by atoms with Gasteiger partial charge in [-0.3, -0.25) is 9.59 Å². The molecule has 0 aromatic heterocycles. The summed E-state index contributed by atoms with van der Waals surface area (Å²) >= 11 is 0. The zero-order valence-electron chi connectivity index (χ0n) is 15.3. The van der Waals surface area contributed by atoms with Gasteiger partial charge in [-0.1, -0.05) is 0 Å². The summed E-state index contributed by atoms with van der Waals surface area (Å²) in [5.74, 6) is -11.2. The van der Waals surface area contributed by atoms with Gasteiger partial charge >= 0.3 is 5.92 Å². The number of nitrogens with zero attached hydrogens (tertiary/aromatic N) is 1. The lowest BCUT2D eigenvalue weighted by Gasteiger charge is -2.26. The van der Waals surface area contributed by atoms with E-state index < -0.39 is 72.6 Å². The van der Waals surface area contributed by atoms with Crippen LogP contribution in [0.2, 0.25) is 0 Å². The number of benzene rings is 2. The van der Waals surface area contributed by atoms with Crippen molar-refractivity contribution in [3.63, 3.8) is 0 Å². The molecule has 0 saturated heterocycles. The third kappa shape index (κ3) is 5.10. The lowest BCUT2D eigenvalue weighted by molar-refractivity contribution is -0.160. The predicted octanol–water partition coefficient (Wildman–Crippen LogP) is 2.26. The van der Waals surface area contributed by atoms with Crippen LogP contribution in [0, 0.1) is 17.5 Å². The van der Waals surface area contributed by atoms with Gasteiger partial charge in [-0.2, -0.15) is 8.78 Å². The summed E-state index contributed by atoms with van der Waals surface area (Å²) in [4.78, 5) is 24.9. The molecule has 0 bridgehead atoms. The molecule has 0 aliphatic carbocycles. The minimum absolute atomic E-state index is 0.176. The first-order valence-corrected chi connectivity index (χ1v) is 8.57. The summed E-state index contributed by atoms with van der Waals surface area (Å²) in [5.41, 5.74) is -2.05. The molecule has 11 heteroatoms. The Morgan fingerprint density at radius 1 is 0.900 bits per heavy atom. The number of rotatable bonds is 8. The van der Waals surface area contributed by atoms with E-state index >= 15 is 0 Å². The molecule has 2 rings (SSSR count). The van der Waals surface area contributed by atoms with Gasteiger partial charge in [-0.05, 0) is 30.3 Å². The summed E-state index contributed by atoms with van der Waals surface area (Å²) in [6.07, 6.45) is 0. The molecule has 3 N–H and O–H groups in total. The van der Waals surface area contributed by atoms with E-state index in [1.165, 1.54) is 0 Å². The molecule has 2 aromatic carbocycles. The van der Waals surface area contributed by atoms with Crippen molar-refractivity contribution >= 4 is 17.5 Å². The minimum Gasteiger partial charge on any atom is -0.395 e. The fourth-order valence-corrected chi connectivity index (χ4v) is 2.55. The van der Waals surface area contributed by atoms with E-state index in [1.807, 2.05) is 0 Å². The van der Waals surface area contributed by atoms with Crippen molar-refractivity contribution < 1.29 is 41.8 Å². The fraction of sp³-hybridized carbons (Fsp3) is 0.263.